The summed E-state index contributed by atoms with van der Waals surface area (Å²) < 4.78 is 0. The fraction of sp³-hybridized carbons (Fsp3) is 0.500. The van der Waals surface area contributed by atoms with Gasteiger partial charge in [0.2, 0.25) is 0 Å². The summed E-state index contributed by atoms with van der Waals surface area (Å²) in [6, 6.07) is 0. The van der Waals surface area contributed by atoms with Crippen LogP contribution in [0.4, 0.5) is 0 Å². The van der Waals surface area contributed by atoms with Crippen LogP contribution in [0.5, 0.6) is 0 Å². The van der Waals surface area contributed by atoms with Crippen LogP contribution in [0.15, 0.2) is 34.4 Å². The Morgan fingerprint density at radius 1 is 0.692 bits per heavy atom. The molecule has 0 saturated heterocycles. The van der Waals surface area contributed by atoms with E-state index in [2.05, 4.69) is 48.1 Å². The molecule has 0 aliphatic rings. The summed E-state index contributed by atoms with van der Waals surface area (Å²) in [5.74, 6) is 0. The zero-order valence-electron chi connectivity index (χ0n) is 9.78. The molecule has 0 amide bonds. The Hall–Kier alpha value is 0.324. The number of rotatable bonds is 2. The van der Waals surface area contributed by atoms with Gasteiger partial charge in [-0.2, -0.15) is 0 Å². The molecule has 0 heterocycles. The predicted octanol–water partition coefficient (Wildman–Crippen LogP) is 4.25. The zero-order chi connectivity index (χ0) is 9.89. The fourth-order valence-electron chi connectivity index (χ4n) is 0.976. The summed E-state index contributed by atoms with van der Waals surface area (Å²) in [6.07, 6.45) is 0. The molecule has 0 aliphatic heterocycles. The maximum absolute atomic E-state index is 3.94. The first-order valence-corrected chi connectivity index (χ1v) is 4.35. The first kappa shape index (κ1) is 15.8. The quantitative estimate of drug-likeness (QED) is 0.645. The zero-order valence-corrected chi connectivity index (χ0v) is 12.6. The summed E-state index contributed by atoms with van der Waals surface area (Å²) in [4.78, 5) is 0. The average Bonchev–Trinajstić information content (AvgIpc) is 2.00. The van der Waals surface area contributed by atoms with E-state index in [4.69, 9.17) is 0 Å². The Kier molecular flexibility index (Phi) is 8.17. The van der Waals surface area contributed by atoms with Crippen molar-refractivity contribution in [2.45, 2.75) is 41.5 Å². The fourth-order valence-corrected chi connectivity index (χ4v) is 0.976. The second-order valence-corrected chi connectivity index (χ2v) is 3.66. The second-order valence-electron chi connectivity index (χ2n) is 3.66. The molecule has 0 aromatic rings. The van der Waals surface area contributed by atoms with Gasteiger partial charge in [0.1, 0.15) is 0 Å². The molecule has 1 radical (unpaired) electrons. The maximum atomic E-state index is 3.94. The van der Waals surface area contributed by atoms with Crippen LogP contribution in [-0.2, 0) is 32.7 Å². The van der Waals surface area contributed by atoms with Crippen LogP contribution < -0.4 is 0 Å². The van der Waals surface area contributed by atoms with Gasteiger partial charge in [-0.15, -0.1) is 0 Å². The van der Waals surface area contributed by atoms with Gasteiger partial charge in [-0.05, 0) is 58.3 Å². The molecule has 0 spiro atoms. The molecule has 0 fully saturated rings. The van der Waals surface area contributed by atoms with Gasteiger partial charge in [0, 0.05) is 32.7 Å². The SMILES string of the molecule is C=C(C)/C(C)=C(\C)C(C)=C(C)C.[Y]. The summed E-state index contributed by atoms with van der Waals surface area (Å²) in [5, 5.41) is 0. The van der Waals surface area contributed by atoms with Gasteiger partial charge in [-0.3, -0.25) is 0 Å². The van der Waals surface area contributed by atoms with E-state index in [1.54, 1.807) is 0 Å². The minimum Gasteiger partial charge on any atom is -0.0958 e. The number of hydrogen-bond donors (Lipinski definition) is 0. The van der Waals surface area contributed by atoms with Crippen LogP contribution >= 0.6 is 0 Å². The smallest absolute Gasteiger partial charge is 0 e. The van der Waals surface area contributed by atoms with Gasteiger partial charge >= 0.3 is 0 Å². The Morgan fingerprint density at radius 3 is 1.31 bits per heavy atom. The van der Waals surface area contributed by atoms with Crippen LogP contribution in [0, 0.1) is 0 Å². The molecular formula is C12H20Y. The molecule has 0 aromatic carbocycles. The van der Waals surface area contributed by atoms with Crippen LogP contribution in [0.2, 0.25) is 0 Å². The van der Waals surface area contributed by atoms with Crippen LogP contribution in [0.1, 0.15) is 41.5 Å². The molecule has 13 heavy (non-hydrogen) atoms. The van der Waals surface area contributed by atoms with E-state index in [-0.39, 0.29) is 32.7 Å². The van der Waals surface area contributed by atoms with Gasteiger partial charge in [0.15, 0.2) is 0 Å². The number of allylic oxidation sites excluding steroid dienone is 5. The summed E-state index contributed by atoms with van der Waals surface area (Å²) in [6.45, 7) is 16.7. The standard InChI is InChI=1S/C12H20.Y/c1-8(2)10(5)12(7)11(6)9(3)4;/h1H2,2-7H3;/b12-10+;. The normalized spacial score (nSPS) is 11.2. The van der Waals surface area contributed by atoms with Gasteiger partial charge in [-0.25, -0.2) is 0 Å². The van der Waals surface area contributed by atoms with E-state index in [1.165, 1.54) is 22.3 Å². The molecule has 0 saturated carbocycles. The molecule has 0 aromatic heterocycles. The average molecular weight is 253 g/mol. The molecule has 0 unspecified atom stereocenters. The first-order valence-electron chi connectivity index (χ1n) is 4.35. The van der Waals surface area contributed by atoms with Crippen LogP contribution in [0.3, 0.4) is 0 Å². The van der Waals surface area contributed by atoms with Crippen molar-refractivity contribution in [2.24, 2.45) is 0 Å². The molecular weight excluding hydrogens is 233 g/mol. The van der Waals surface area contributed by atoms with Crippen molar-refractivity contribution in [3.63, 3.8) is 0 Å². The van der Waals surface area contributed by atoms with Crippen molar-refractivity contribution in [3.8, 4) is 0 Å². The van der Waals surface area contributed by atoms with Gasteiger partial charge in [0.25, 0.3) is 0 Å². The van der Waals surface area contributed by atoms with Gasteiger partial charge in [0.05, 0.1) is 0 Å². The molecule has 0 bridgehead atoms. The summed E-state index contributed by atoms with van der Waals surface area (Å²) in [5.41, 5.74) is 6.60. The van der Waals surface area contributed by atoms with Crippen molar-refractivity contribution in [1.29, 1.82) is 0 Å². The Balaban J connectivity index is 0. The van der Waals surface area contributed by atoms with E-state index in [0.717, 1.165) is 5.57 Å². The van der Waals surface area contributed by atoms with Crippen LogP contribution in [-0.4, -0.2) is 0 Å². The van der Waals surface area contributed by atoms with E-state index in [0.29, 0.717) is 0 Å². The molecule has 0 aliphatic carbocycles. The molecule has 0 N–H and O–H groups in total. The van der Waals surface area contributed by atoms with Gasteiger partial charge < -0.3 is 0 Å². The Labute approximate surface area is 108 Å². The van der Waals surface area contributed by atoms with Crippen molar-refractivity contribution in [3.05, 3.63) is 34.4 Å². The largest absolute Gasteiger partial charge is 0.0958 e. The Morgan fingerprint density at radius 2 is 1.08 bits per heavy atom. The first-order chi connectivity index (χ1) is 5.37. The summed E-state index contributed by atoms with van der Waals surface area (Å²) >= 11 is 0. The Bertz CT molecular complexity index is 250. The van der Waals surface area contributed by atoms with Crippen molar-refractivity contribution < 1.29 is 32.7 Å². The second kappa shape index (κ2) is 6.73. The van der Waals surface area contributed by atoms with E-state index in [1.807, 2.05) is 0 Å². The topological polar surface area (TPSA) is 0 Å². The van der Waals surface area contributed by atoms with E-state index >= 15 is 0 Å². The van der Waals surface area contributed by atoms with Crippen molar-refractivity contribution in [2.75, 3.05) is 0 Å². The third-order valence-corrected chi connectivity index (χ3v) is 2.52. The molecule has 0 nitrogen and oxygen atoms in total. The molecule has 1 heteroatoms. The van der Waals surface area contributed by atoms with E-state index in [9.17, 15) is 0 Å². The third-order valence-electron chi connectivity index (χ3n) is 2.52. The maximum Gasteiger partial charge on any atom is 0 e. The molecule has 71 valence electrons. The minimum atomic E-state index is 0. The number of hydrogen-bond acceptors (Lipinski definition) is 0. The van der Waals surface area contributed by atoms with Gasteiger partial charge in [-0.1, -0.05) is 17.7 Å². The minimum absolute atomic E-state index is 0. The predicted molar refractivity (Wildman–Crippen MR) is 57.2 cm³/mol. The molecule has 0 atom stereocenters. The monoisotopic (exact) mass is 253 g/mol. The van der Waals surface area contributed by atoms with Crippen LogP contribution in [0.25, 0.3) is 0 Å². The van der Waals surface area contributed by atoms with Crippen molar-refractivity contribution >= 4 is 0 Å². The van der Waals surface area contributed by atoms with E-state index < -0.39 is 0 Å². The summed E-state index contributed by atoms with van der Waals surface area (Å²) in [7, 11) is 0. The third kappa shape index (κ3) is 4.93. The van der Waals surface area contributed by atoms with Crippen molar-refractivity contribution in [1.82, 2.24) is 0 Å². The molecule has 0 rings (SSSR count).